The van der Waals surface area contributed by atoms with Crippen molar-refractivity contribution in [3.05, 3.63) is 59.3 Å². The molecular formula is C24H27F2N5O2. The van der Waals surface area contributed by atoms with Crippen LogP contribution in [0.3, 0.4) is 0 Å². The summed E-state index contributed by atoms with van der Waals surface area (Å²) in [4.78, 5) is 24.2. The SMILES string of the molecule is CCCNC(=O)c1cc(C(C)Nc2cc(F)cc(F)c2)c2nc(N3CCOCC3)cnc2c1. The third-order valence-electron chi connectivity index (χ3n) is 5.51. The van der Waals surface area contributed by atoms with Gasteiger partial charge in [0.05, 0.1) is 36.5 Å². The molecule has 2 heterocycles. The van der Waals surface area contributed by atoms with Crippen molar-refractivity contribution in [2.75, 3.05) is 43.1 Å². The number of rotatable bonds is 7. The minimum atomic E-state index is -0.670. The number of nitrogens with zero attached hydrogens (tertiary/aromatic N) is 3. The van der Waals surface area contributed by atoms with Crippen molar-refractivity contribution in [1.82, 2.24) is 15.3 Å². The van der Waals surface area contributed by atoms with E-state index in [4.69, 9.17) is 9.72 Å². The van der Waals surface area contributed by atoms with Crippen LogP contribution in [0.25, 0.3) is 11.0 Å². The van der Waals surface area contributed by atoms with Crippen molar-refractivity contribution in [1.29, 1.82) is 0 Å². The molecule has 4 rings (SSSR count). The number of hydrogen-bond donors (Lipinski definition) is 2. The van der Waals surface area contributed by atoms with Crippen LogP contribution in [0.1, 0.15) is 42.2 Å². The predicted molar refractivity (Wildman–Crippen MR) is 124 cm³/mol. The van der Waals surface area contributed by atoms with Crippen LogP contribution in [0.4, 0.5) is 20.3 Å². The summed E-state index contributed by atoms with van der Waals surface area (Å²) >= 11 is 0. The van der Waals surface area contributed by atoms with E-state index in [1.54, 1.807) is 18.3 Å². The molecule has 0 saturated carbocycles. The van der Waals surface area contributed by atoms with Crippen LogP contribution in [0.5, 0.6) is 0 Å². The number of carbonyl (C=O) groups excluding carboxylic acids is 1. The highest BCUT2D eigenvalue weighted by atomic mass is 19.1. The summed E-state index contributed by atoms with van der Waals surface area (Å²) in [6.07, 6.45) is 2.52. The van der Waals surface area contributed by atoms with Crippen LogP contribution in [0, 0.1) is 11.6 Å². The maximum atomic E-state index is 13.7. The van der Waals surface area contributed by atoms with Gasteiger partial charge in [0.25, 0.3) is 5.91 Å². The molecule has 1 aliphatic rings. The number of nitrogens with one attached hydrogen (secondary N) is 2. The fraction of sp³-hybridized carbons (Fsp3) is 0.375. The van der Waals surface area contributed by atoms with E-state index in [1.165, 1.54) is 12.1 Å². The topological polar surface area (TPSA) is 79.4 Å². The standard InChI is InChI=1S/C24H27F2N5O2/c1-3-4-27-24(32)16-9-20(15(2)29-19-12-17(25)11-18(26)13-19)23-21(10-16)28-14-22(30-23)31-5-7-33-8-6-31/h9-15,29H,3-8H2,1-2H3,(H,27,32). The molecule has 1 aromatic heterocycles. The molecule has 0 spiro atoms. The number of anilines is 2. The highest BCUT2D eigenvalue weighted by Crippen LogP contribution is 2.29. The van der Waals surface area contributed by atoms with Gasteiger partial charge in [0.15, 0.2) is 0 Å². The Labute approximate surface area is 191 Å². The van der Waals surface area contributed by atoms with Gasteiger partial charge in [-0.2, -0.15) is 0 Å². The summed E-state index contributed by atoms with van der Waals surface area (Å²) in [6, 6.07) is 6.35. The molecule has 0 aliphatic carbocycles. The molecule has 7 nitrogen and oxygen atoms in total. The lowest BCUT2D eigenvalue weighted by molar-refractivity contribution is 0.0953. The van der Waals surface area contributed by atoms with Gasteiger partial charge >= 0.3 is 0 Å². The molecule has 1 aliphatic heterocycles. The van der Waals surface area contributed by atoms with Crippen LogP contribution in [0.2, 0.25) is 0 Å². The Kier molecular flexibility index (Phi) is 6.98. The molecule has 0 radical (unpaired) electrons. The third kappa shape index (κ3) is 5.36. The van der Waals surface area contributed by atoms with E-state index in [0.717, 1.165) is 18.3 Å². The van der Waals surface area contributed by atoms with Crippen molar-refractivity contribution in [2.45, 2.75) is 26.3 Å². The van der Waals surface area contributed by atoms with E-state index in [9.17, 15) is 13.6 Å². The number of carbonyl (C=O) groups is 1. The molecular weight excluding hydrogens is 428 g/mol. The molecule has 1 amide bonds. The van der Waals surface area contributed by atoms with Gasteiger partial charge in [-0.15, -0.1) is 0 Å². The van der Waals surface area contributed by atoms with Gasteiger partial charge in [-0.25, -0.2) is 13.8 Å². The minimum absolute atomic E-state index is 0.206. The summed E-state index contributed by atoms with van der Waals surface area (Å²) in [5.41, 5.74) is 2.67. The lowest BCUT2D eigenvalue weighted by Crippen LogP contribution is -2.36. The van der Waals surface area contributed by atoms with E-state index in [-0.39, 0.29) is 5.91 Å². The fourth-order valence-electron chi connectivity index (χ4n) is 3.84. The first-order valence-electron chi connectivity index (χ1n) is 11.1. The van der Waals surface area contributed by atoms with Gasteiger partial charge in [-0.1, -0.05) is 6.92 Å². The number of fused-ring (bicyclic) bond motifs is 1. The zero-order chi connectivity index (χ0) is 23.4. The normalized spacial score (nSPS) is 14.8. The molecule has 33 heavy (non-hydrogen) atoms. The highest BCUT2D eigenvalue weighted by molar-refractivity contribution is 5.98. The van der Waals surface area contributed by atoms with E-state index >= 15 is 0 Å². The van der Waals surface area contributed by atoms with Gasteiger partial charge in [-0.05, 0) is 37.6 Å². The summed E-state index contributed by atoms with van der Waals surface area (Å²) in [5.74, 6) is -0.824. The molecule has 9 heteroatoms. The number of morpholine rings is 1. The Morgan fingerprint density at radius 1 is 1.15 bits per heavy atom. The van der Waals surface area contributed by atoms with Crippen molar-refractivity contribution in [3.63, 3.8) is 0 Å². The monoisotopic (exact) mass is 455 g/mol. The van der Waals surface area contributed by atoms with E-state index < -0.39 is 17.7 Å². The number of hydrogen-bond acceptors (Lipinski definition) is 6. The van der Waals surface area contributed by atoms with Crippen LogP contribution in [-0.2, 0) is 4.74 Å². The Hall–Kier alpha value is -3.33. The third-order valence-corrected chi connectivity index (χ3v) is 5.51. The van der Waals surface area contributed by atoms with Crippen LogP contribution >= 0.6 is 0 Å². The molecule has 2 N–H and O–H groups in total. The zero-order valence-corrected chi connectivity index (χ0v) is 18.7. The summed E-state index contributed by atoms with van der Waals surface area (Å²) in [6.45, 7) is 7.05. The lowest BCUT2D eigenvalue weighted by atomic mass is 10.0. The van der Waals surface area contributed by atoms with Crippen molar-refractivity contribution < 1.29 is 18.3 Å². The molecule has 2 aromatic carbocycles. The van der Waals surface area contributed by atoms with Gasteiger partial charge in [-0.3, -0.25) is 9.78 Å². The summed E-state index contributed by atoms with van der Waals surface area (Å²) in [7, 11) is 0. The second-order valence-corrected chi connectivity index (χ2v) is 8.04. The Balaban J connectivity index is 1.75. The van der Waals surface area contributed by atoms with Crippen LogP contribution in [0.15, 0.2) is 36.5 Å². The van der Waals surface area contributed by atoms with Crippen LogP contribution < -0.4 is 15.5 Å². The average molecular weight is 456 g/mol. The van der Waals surface area contributed by atoms with Crippen molar-refractivity contribution in [2.24, 2.45) is 0 Å². The van der Waals surface area contributed by atoms with Gasteiger partial charge in [0.2, 0.25) is 0 Å². The Morgan fingerprint density at radius 3 is 2.58 bits per heavy atom. The number of benzene rings is 2. The molecule has 174 valence electrons. The second-order valence-electron chi connectivity index (χ2n) is 8.04. The first-order chi connectivity index (χ1) is 15.9. The fourth-order valence-corrected chi connectivity index (χ4v) is 3.84. The lowest BCUT2D eigenvalue weighted by Gasteiger charge is -2.28. The number of halogens is 2. The maximum absolute atomic E-state index is 13.7. The molecule has 3 aromatic rings. The molecule has 1 saturated heterocycles. The van der Waals surface area contributed by atoms with Crippen LogP contribution in [-0.4, -0.2) is 48.7 Å². The summed E-state index contributed by atoms with van der Waals surface area (Å²) < 4.78 is 32.8. The van der Waals surface area contributed by atoms with Gasteiger partial charge in [0.1, 0.15) is 17.5 Å². The average Bonchev–Trinajstić information content (AvgIpc) is 2.81. The zero-order valence-electron chi connectivity index (χ0n) is 18.7. The van der Waals surface area contributed by atoms with Gasteiger partial charge < -0.3 is 20.3 Å². The number of ether oxygens (including phenoxy) is 1. The van der Waals surface area contributed by atoms with Gasteiger partial charge in [0, 0.05) is 42.5 Å². The van der Waals surface area contributed by atoms with E-state index in [2.05, 4.69) is 20.5 Å². The summed E-state index contributed by atoms with van der Waals surface area (Å²) in [5, 5.41) is 6.01. The second kappa shape index (κ2) is 10.1. The van der Waals surface area contributed by atoms with Crippen molar-refractivity contribution in [3.8, 4) is 0 Å². The number of aromatic nitrogens is 2. The van der Waals surface area contributed by atoms with E-state index in [1.807, 2.05) is 13.8 Å². The van der Waals surface area contributed by atoms with E-state index in [0.29, 0.717) is 60.7 Å². The van der Waals surface area contributed by atoms with Crippen molar-refractivity contribution >= 4 is 28.4 Å². The molecule has 1 atom stereocenters. The largest absolute Gasteiger partial charge is 0.378 e. The first-order valence-corrected chi connectivity index (χ1v) is 11.1. The Morgan fingerprint density at radius 2 is 1.88 bits per heavy atom. The predicted octanol–water partition coefficient (Wildman–Crippen LogP) is 4.06. The molecule has 0 bridgehead atoms. The molecule has 1 unspecified atom stereocenters. The molecule has 1 fully saturated rings. The highest BCUT2D eigenvalue weighted by Gasteiger charge is 2.19. The number of amides is 1. The Bertz CT molecular complexity index is 1130. The first kappa shape index (κ1) is 22.8. The maximum Gasteiger partial charge on any atom is 0.251 e. The quantitative estimate of drug-likeness (QED) is 0.560. The smallest absolute Gasteiger partial charge is 0.251 e. The minimum Gasteiger partial charge on any atom is -0.378 e.